The van der Waals surface area contributed by atoms with E-state index in [-0.39, 0.29) is 6.42 Å². The van der Waals surface area contributed by atoms with Crippen LogP contribution in [-0.4, -0.2) is 17.0 Å². The lowest BCUT2D eigenvalue weighted by atomic mass is 9.95. The fourth-order valence-corrected chi connectivity index (χ4v) is 1.96. The van der Waals surface area contributed by atoms with Gasteiger partial charge < -0.3 is 9.84 Å². The summed E-state index contributed by atoms with van der Waals surface area (Å²) in [7, 11) is 0. The van der Waals surface area contributed by atoms with E-state index in [1.165, 1.54) is 0 Å². The number of carboxylic acid groups (broad SMARTS) is 1. The Kier molecular flexibility index (Phi) is 2.83. The normalized spacial score (nSPS) is 24.2. The zero-order chi connectivity index (χ0) is 11.7. The van der Waals surface area contributed by atoms with Crippen LogP contribution in [0.4, 0.5) is 0 Å². The van der Waals surface area contributed by atoms with Crippen LogP contribution in [0.3, 0.4) is 0 Å². The molecule has 1 heterocycles. The van der Waals surface area contributed by atoms with E-state index in [4.69, 9.17) is 21.4 Å². The molecule has 1 aromatic rings. The number of hydrogen-bond acceptors (Lipinski definition) is 3. The molecule has 1 aliphatic heterocycles. The SMILES string of the molecule is O=C1CC(C(=O)O)C(c2cccc(Cl)c2)O1. The molecule has 0 spiro atoms. The average molecular weight is 241 g/mol. The van der Waals surface area contributed by atoms with Gasteiger partial charge in [-0.05, 0) is 17.7 Å². The highest BCUT2D eigenvalue weighted by Crippen LogP contribution is 2.36. The van der Waals surface area contributed by atoms with E-state index in [9.17, 15) is 9.59 Å². The fourth-order valence-electron chi connectivity index (χ4n) is 1.76. The molecule has 0 radical (unpaired) electrons. The molecular weight excluding hydrogens is 232 g/mol. The van der Waals surface area contributed by atoms with Crippen molar-refractivity contribution in [2.75, 3.05) is 0 Å². The second-order valence-electron chi connectivity index (χ2n) is 3.61. The zero-order valence-corrected chi connectivity index (χ0v) is 8.98. The fraction of sp³-hybridized carbons (Fsp3) is 0.273. The van der Waals surface area contributed by atoms with Crippen molar-refractivity contribution in [2.24, 2.45) is 5.92 Å². The van der Waals surface area contributed by atoms with Gasteiger partial charge in [-0.1, -0.05) is 23.7 Å². The van der Waals surface area contributed by atoms with E-state index in [1.54, 1.807) is 24.3 Å². The third kappa shape index (κ3) is 2.02. The minimum Gasteiger partial charge on any atom is -0.481 e. The maximum absolute atomic E-state index is 11.1. The molecule has 1 fully saturated rings. The molecule has 2 rings (SSSR count). The molecule has 1 aliphatic rings. The highest BCUT2D eigenvalue weighted by Gasteiger charge is 2.40. The number of hydrogen-bond donors (Lipinski definition) is 1. The van der Waals surface area contributed by atoms with Gasteiger partial charge in [-0.15, -0.1) is 0 Å². The lowest BCUT2D eigenvalue weighted by molar-refractivity contribution is -0.144. The minimum atomic E-state index is -1.03. The van der Waals surface area contributed by atoms with Gasteiger partial charge in [0.15, 0.2) is 0 Å². The van der Waals surface area contributed by atoms with Gasteiger partial charge in [-0.2, -0.15) is 0 Å². The Morgan fingerprint density at radius 2 is 2.25 bits per heavy atom. The molecule has 4 nitrogen and oxygen atoms in total. The molecule has 0 amide bonds. The van der Waals surface area contributed by atoms with Crippen LogP contribution < -0.4 is 0 Å². The highest BCUT2D eigenvalue weighted by molar-refractivity contribution is 6.30. The zero-order valence-electron chi connectivity index (χ0n) is 8.22. The van der Waals surface area contributed by atoms with Crippen LogP contribution in [0.1, 0.15) is 18.1 Å². The summed E-state index contributed by atoms with van der Waals surface area (Å²) in [6.07, 6.45) is -0.823. The second kappa shape index (κ2) is 4.14. The highest BCUT2D eigenvalue weighted by atomic mass is 35.5. The predicted octanol–water partition coefficient (Wildman–Crippen LogP) is 2.03. The Labute approximate surface area is 96.8 Å². The van der Waals surface area contributed by atoms with E-state index in [1.807, 2.05) is 0 Å². The van der Waals surface area contributed by atoms with Crippen LogP contribution >= 0.6 is 11.6 Å². The van der Waals surface area contributed by atoms with E-state index >= 15 is 0 Å². The monoisotopic (exact) mass is 240 g/mol. The summed E-state index contributed by atoms with van der Waals surface area (Å²) in [6, 6.07) is 6.69. The molecule has 0 aliphatic carbocycles. The van der Waals surface area contributed by atoms with Gasteiger partial charge in [0.25, 0.3) is 0 Å². The number of halogens is 1. The first-order valence-corrected chi connectivity index (χ1v) is 5.13. The first kappa shape index (κ1) is 11.0. The molecule has 1 saturated heterocycles. The summed E-state index contributed by atoms with van der Waals surface area (Å²) in [5.74, 6) is -2.35. The number of cyclic esters (lactones) is 1. The molecule has 84 valence electrons. The quantitative estimate of drug-likeness (QED) is 0.804. The molecule has 16 heavy (non-hydrogen) atoms. The number of aliphatic carboxylic acids is 1. The van der Waals surface area contributed by atoms with Crippen molar-refractivity contribution >= 4 is 23.5 Å². The number of benzene rings is 1. The van der Waals surface area contributed by atoms with E-state index in [0.29, 0.717) is 10.6 Å². The van der Waals surface area contributed by atoms with Gasteiger partial charge in [0.05, 0.1) is 6.42 Å². The standard InChI is InChI=1S/C11H9ClO4/c12-7-3-1-2-6(4-7)10-8(11(14)15)5-9(13)16-10/h1-4,8,10H,5H2,(H,14,15). The maximum atomic E-state index is 11.1. The largest absolute Gasteiger partial charge is 0.481 e. The van der Waals surface area contributed by atoms with Crippen LogP contribution in [-0.2, 0) is 14.3 Å². The molecule has 2 atom stereocenters. The van der Waals surface area contributed by atoms with Crippen LogP contribution in [0.25, 0.3) is 0 Å². The molecule has 0 saturated carbocycles. The summed E-state index contributed by atoms with van der Waals surface area (Å²) >= 11 is 5.80. The average Bonchev–Trinajstić information content (AvgIpc) is 2.60. The van der Waals surface area contributed by atoms with Crippen molar-refractivity contribution < 1.29 is 19.4 Å². The number of carboxylic acids is 1. The van der Waals surface area contributed by atoms with Crippen molar-refractivity contribution in [3.05, 3.63) is 34.9 Å². The third-order valence-corrected chi connectivity index (χ3v) is 2.74. The number of carbonyl (C=O) groups excluding carboxylic acids is 1. The summed E-state index contributed by atoms with van der Waals surface area (Å²) in [5, 5.41) is 9.46. The van der Waals surface area contributed by atoms with Gasteiger partial charge in [0.2, 0.25) is 0 Å². The number of carbonyl (C=O) groups is 2. The van der Waals surface area contributed by atoms with Crippen molar-refractivity contribution in [1.82, 2.24) is 0 Å². The number of ether oxygens (including phenoxy) is 1. The second-order valence-corrected chi connectivity index (χ2v) is 4.05. The molecule has 2 unspecified atom stereocenters. The van der Waals surface area contributed by atoms with E-state index in [2.05, 4.69) is 0 Å². The molecule has 0 bridgehead atoms. The summed E-state index contributed by atoms with van der Waals surface area (Å²) in [5.41, 5.74) is 0.616. The molecular formula is C11H9ClO4. The van der Waals surface area contributed by atoms with E-state index < -0.39 is 24.0 Å². The molecule has 5 heteroatoms. The van der Waals surface area contributed by atoms with Crippen LogP contribution in [0.15, 0.2) is 24.3 Å². The first-order chi connectivity index (χ1) is 7.58. The van der Waals surface area contributed by atoms with Crippen molar-refractivity contribution in [2.45, 2.75) is 12.5 Å². The topological polar surface area (TPSA) is 63.6 Å². The van der Waals surface area contributed by atoms with Gasteiger partial charge in [-0.25, -0.2) is 0 Å². The molecule has 1 aromatic carbocycles. The summed E-state index contributed by atoms with van der Waals surface area (Å²) in [6.45, 7) is 0. The predicted molar refractivity (Wildman–Crippen MR) is 56.0 cm³/mol. The van der Waals surface area contributed by atoms with Gasteiger partial charge in [0, 0.05) is 5.02 Å². The van der Waals surface area contributed by atoms with Crippen molar-refractivity contribution in [3.8, 4) is 0 Å². The Bertz CT molecular complexity index is 443. The van der Waals surface area contributed by atoms with Crippen molar-refractivity contribution in [1.29, 1.82) is 0 Å². The first-order valence-electron chi connectivity index (χ1n) is 4.75. The van der Waals surface area contributed by atoms with Crippen LogP contribution in [0, 0.1) is 5.92 Å². The Morgan fingerprint density at radius 1 is 1.50 bits per heavy atom. The smallest absolute Gasteiger partial charge is 0.311 e. The third-order valence-electron chi connectivity index (χ3n) is 2.50. The van der Waals surface area contributed by atoms with Gasteiger partial charge in [0.1, 0.15) is 12.0 Å². The van der Waals surface area contributed by atoms with Gasteiger partial charge in [-0.3, -0.25) is 9.59 Å². The lowest BCUT2D eigenvalue weighted by Crippen LogP contribution is -2.17. The Hall–Kier alpha value is -1.55. The van der Waals surface area contributed by atoms with Crippen molar-refractivity contribution in [3.63, 3.8) is 0 Å². The summed E-state index contributed by atoms with van der Waals surface area (Å²) < 4.78 is 5.00. The number of rotatable bonds is 2. The summed E-state index contributed by atoms with van der Waals surface area (Å²) in [4.78, 5) is 22.1. The van der Waals surface area contributed by atoms with Crippen LogP contribution in [0.2, 0.25) is 5.02 Å². The van der Waals surface area contributed by atoms with Crippen LogP contribution in [0.5, 0.6) is 0 Å². The molecule has 0 aromatic heterocycles. The number of esters is 1. The molecule has 1 N–H and O–H groups in total. The Balaban J connectivity index is 2.32. The lowest BCUT2D eigenvalue weighted by Gasteiger charge is -2.14. The van der Waals surface area contributed by atoms with Gasteiger partial charge >= 0.3 is 11.9 Å². The maximum Gasteiger partial charge on any atom is 0.311 e. The Morgan fingerprint density at radius 3 is 2.88 bits per heavy atom. The minimum absolute atomic E-state index is 0.0908. The van der Waals surface area contributed by atoms with E-state index in [0.717, 1.165) is 0 Å².